The van der Waals surface area contributed by atoms with Gasteiger partial charge in [-0.3, -0.25) is 0 Å². The van der Waals surface area contributed by atoms with Crippen molar-refractivity contribution in [2.24, 2.45) is 0 Å². The van der Waals surface area contributed by atoms with Gasteiger partial charge in [-0.25, -0.2) is 14.0 Å². The van der Waals surface area contributed by atoms with Crippen LogP contribution in [-0.4, -0.2) is 11.9 Å². The summed E-state index contributed by atoms with van der Waals surface area (Å²) < 4.78 is 54.3. The second kappa shape index (κ2) is 3.03. The second-order valence-corrected chi connectivity index (χ2v) is 3.02. The highest BCUT2D eigenvalue weighted by atomic mass is 19.4. The SMILES string of the molecule is O=C1OC(=O)c2c(C(F)(F)F)ccc(F)c21. The Hall–Kier alpha value is -1.92. The van der Waals surface area contributed by atoms with Crippen LogP contribution in [0.5, 0.6) is 0 Å². The Bertz CT molecular complexity index is 504. The van der Waals surface area contributed by atoms with Gasteiger partial charge in [0.2, 0.25) is 0 Å². The third kappa shape index (κ3) is 1.36. The molecule has 0 amide bonds. The lowest BCUT2D eigenvalue weighted by Gasteiger charge is -2.08. The maximum atomic E-state index is 13.1. The molecule has 0 spiro atoms. The number of cyclic esters (lactones) is 2. The molecule has 0 atom stereocenters. The summed E-state index contributed by atoms with van der Waals surface area (Å²) in [5, 5.41) is 0. The van der Waals surface area contributed by atoms with Crippen LogP contribution in [-0.2, 0) is 10.9 Å². The number of hydrogen-bond donors (Lipinski definition) is 0. The van der Waals surface area contributed by atoms with Crippen LogP contribution >= 0.6 is 0 Å². The molecule has 7 heteroatoms. The van der Waals surface area contributed by atoms with E-state index in [9.17, 15) is 27.2 Å². The smallest absolute Gasteiger partial charge is 0.386 e. The molecular formula is C9H2F4O3. The van der Waals surface area contributed by atoms with Crippen molar-refractivity contribution in [3.63, 3.8) is 0 Å². The summed E-state index contributed by atoms with van der Waals surface area (Å²) in [5.41, 5.74) is -3.39. The third-order valence-electron chi connectivity index (χ3n) is 2.05. The molecule has 16 heavy (non-hydrogen) atoms. The monoisotopic (exact) mass is 234 g/mol. The molecule has 0 unspecified atom stereocenters. The van der Waals surface area contributed by atoms with Gasteiger partial charge in [0.15, 0.2) is 0 Å². The molecule has 1 aromatic rings. The summed E-state index contributed by atoms with van der Waals surface area (Å²) in [7, 11) is 0. The third-order valence-corrected chi connectivity index (χ3v) is 2.05. The summed E-state index contributed by atoms with van der Waals surface area (Å²) in [4.78, 5) is 21.9. The minimum absolute atomic E-state index is 0.397. The molecule has 0 bridgehead atoms. The fourth-order valence-corrected chi connectivity index (χ4v) is 1.41. The van der Waals surface area contributed by atoms with Gasteiger partial charge in [-0.2, -0.15) is 13.2 Å². The van der Waals surface area contributed by atoms with Crippen molar-refractivity contribution in [1.82, 2.24) is 0 Å². The first-order valence-electron chi connectivity index (χ1n) is 3.98. The number of alkyl halides is 3. The van der Waals surface area contributed by atoms with Crippen molar-refractivity contribution in [3.05, 3.63) is 34.6 Å². The largest absolute Gasteiger partial charge is 0.417 e. The van der Waals surface area contributed by atoms with E-state index in [4.69, 9.17) is 0 Å². The fraction of sp³-hybridized carbons (Fsp3) is 0.111. The zero-order valence-electron chi connectivity index (χ0n) is 7.39. The Morgan fingerprint density at radius 1 is 1.00 bits per heavy atom. The summed E-state index contributed by atoms with van der Waals surface area (Å²) in [5.74, 6) is -4.09. The van der Waals surface area contributed by atoms with Crippen molar-refractivity contribution in [1.29, 1.82) is 0 Å². The Morgan fingerprint density at radius 2 is 1.56 bits per heavy atom. The number of rotatable bonds is 0. The second-order valence-electron chi connectivity index (χ2n) is 3.02. The summed E-state index contributed by atoms with van der Waals surface area (Å²) >= 11 is 0. The number of carbonyl (C=O) groups is 2. The van der Waals surface area contributed by atoms with E-state index in [-0.39, 0.29) is 0 Å². The van der Waals surface area contributed by atoms with Crippen LogP contribution in [0.25, 0.3) is 0 Å². The van der Waals surface area contributed by atoms with Crippen molar-refractivity contribution in [2.75, 3.05) is 0 Å². The van der Waals surface area contributed by atoms with E-state index >= 15 is 0 Å². The topological polar surface area (TPSA) is 43.4 Å². The lowest BCUT2D eigenvalue weighted by molar-refractivity contribution is -0.138. The van der Waals surface area contributed by atoms with E-state index in [0.717, 1.165) is 0 Å². The molecule has 84 valence electrons. The molecule has 0 aromatic heterocycles. The number of hydrogen-bond acceptors (Lipinski definition) is 3. The normalized spacial score (nSPS) is 15.0. The van der Waals surface area contributed by atoms with Crippen LogP contribution in [0.3, 0.4) is 0 Å². The Kier molecular flexibility index (Phi) is 2.01. The zero-order valence-corrected chi connectivity index (χ0v) is 7.39. The van der Waals surface area contributed by atoms with Crippen LogP contribution in [0.2, 0.25) is 0 Å². The van der Waals surface area contributed by atoms with Gasteiger partial charge in [-0.1, -0.05) is 0 Å². The van der Waals surface area contributed by atoms with Gasteiger partial charge in [-0.15, -0.1) is 0 Å². The maximum Gasteiger partial charge on any atom is 0.417 e. The van der Waals surface area contributed by atoms with Crippen LogP contribution in [0.4, 0.5) is 17.6 Å². The van der Waals surface area contributed by atoms with E-state index in [1.165, 1.54) is 0 Å². The molecule has 1 aromatic carbocycles. The van der Waals surface area contributed by atoms with Crippen molar-refractivity contribution in [2.45, 2.75) is 6.18 Å². The van der Waals surface area contributed by atoms with Gasteiger partial charge < -0.3 is 4.74 Å². The lowest BCUT2D eigenvalue weighted by Crippen LogP contribution is -2.12. The Balaban J connectivity index is 2.79. The molecule has 1 aliphatic rings. The molecule has 1 aliphatic heterocycles. The van der Waals surface area contributed by atoms with Crippen LogP contribution in [0.15, 0.2) is 12.1 Å². The Labute approximate surface area is 85.6 Å². The summed E-state index contributed by atoms with van der Waals surface area (Å²) in [6.07, 6.45) is -4.85. The lowest BCUT2D eigenvalue weighted by atomic mass is 10.0. The molecule has 0 N–H and O–H groups in total. The molecule has 2 rings (SSSR count). The van der Waals surface area contributed by atoms with Gasteiger partial charge in [0.1, 0.15) is 11.4 Å². The fourth-order valence-electron chi connectivity index (χ4n) is 1.41. The van der Waals surface area contributed by atoms with Gasteiger partial charge in [0, 0.05) is 0 Å². The van der Waals surface area contributed by atoms with Gasteiger partial charge in [0.05, 0.1) is 11.1 Å². The molecule has 0 radical (unpaired) electrons. The highest BCUT2D eigenvalue weighted by Crippen LogP contribution is 2.37. The van der Waals surface area contributed by atoms with Crippen molar-refractivity contribution < 1.29 is 31.9 Å². The molecule has 0 aliphatic carbocycles. The average molecular weight is 234 g/mol. The van der Waals surface area contributed by atoms with Crippen molar-refractivity contribution in [3.8, 4) is 0 Å². The minimum Gasteiger partial charge on any atom is -0.386 e. The average Bonchev–Trinajstić information content (AvgIpc) is 2.42. The van der Waals surface area contributed by atoms with E-state index in [2.05, 4.69) is 4.74 Å². The van der Waals surface area contributed by atoms with Gasteiger partial charge in [-0.05, 0) is 12.1 Å². The number of benzene rings is 1. The number of esters is 2. The van der Waals surface area contributed by atoms with Crippen LogP contribution in [0.1, 0.15) is 26.3 Å². The highest BCUT2D eigenvalue weighted by molar-refractivity contribution is 6.15. The first-order valence-corrected chi connectivity index (χ1v) is 3.98. The minimum atomic E-state index is -4.85. The Morgan fingerprint density at radius 3 is 2.12 bits per heavy atom. The molecule has 3 nitrogen and oxygen atoms in total. The summed E-state index contributed by atoms with van der Waals surface area (Å²) in [6, 6.07) is 0.871. The van der Waals surface area contributed by atoms with E-state index < -0.39 is 40.6 Å². The van der Waals surface area contributed by atoms with E-state index in [1.807, 2.05) is 0 Å². The summed E-state index contributed by atoms with van der Waals surface area (Å²) in [6.45, 7) is 0. The van der Waals surface area contributed by atoms with Gasteiger partial charge in [0.25, 0.3) is 0 Å². The number of ether oxygens (including phenoxy) is 1. The first kappa shape index (κ1) is 10.6. The van der Waals surface area contributed by atoms with E-state index in [0.29, 0.717) is 12.1 Å². The highest BCUT2D eigenvalue weighted by Gasteiger charge is 2.43. The first-order chi connectivity index (χ1) is 7.32. The van der Waals surface area contributed by atoms with E-state index in [1.54, 1.807) is 0 Å². The number of carbonyl (C=O) groups excluding carboxylic acids is 2. The number of halogens is 4. The predicted molar refractivity (Wildman–Crippen MR) is 41.1 cm³/mol. The molecule has 1 heterocycles. The van der Waals surface area contributed by atoms with Crippen LogP contribution < -0.4 is 0 Å². The predicted octanol–water partition coefficient (Wildman–Crippen LogP) is 2.16. The van der Waals surface area contributed by atoms with Crippen molar-refractivity contribution >= 4 is 11.9 Å². The zero-order chi connectivity index (χ0) is 12.1. The quantitative estimate of drug-likeness (QED) is 0.392. The molecule has 0 saturated heterocycles. The standard InChI is InChI=1S/C9H2F4O3/c10-4-2-1-3(9(11,12)13)5-6(4)8(15)16-7(5)14/h1-2H. The number of fused-ring (bicyclic) bond motifs is 1. The molecular weight excluding hydrogens is 232 g/mol. The van der Waals surface area contributed by atoms with Gasteiger partial charge >= 0.3 is 18.1 Å². The molecule has 0 fully saturated rings. The maximum absolute atomic E-state index is 13.1. The molecule has 0 saturated carbocycles. The van der Waals surface area contributed by atoms with Crippen LogP contribution in [0, 0.1) is 5.82 Å².